The van der Waals surface area contributed by atoms with E-state index in [2.05, 4.69) is 5.32 Å². The second kappa shape index (κ2) is 5.74. The standard InChI is InChI=1S/C20H15NO3/c22-17-6-3-7-18-20(17)15(12-24-18)11-19(23)21-16-9-8-13-4-1-2-5-14(13)10-16/h1-10,12,22H,11H2,(H,21,23). The van der Waals surface area contributed by atoms with Gasteiger partial charge in [0.05, 0.1) is 18.1 Å². The molecule has 0 bridgehead atoms. The highest BCUT2D eigenvalue weighted by Gasteiger charge is 2.13. The van der Waals surface area contributed by atoms with Crippen LogP contribution in [0.15, 0.2) is 71.3 Å². The van der Waals surface area contributed by atoms with E-state index in [9.17, 15) is 9.90 Å². The van der Waals surface area contributed by atoms with Crippen LogP contribution in [0.1, 0.15) is 5.56 Å². The number of hydrogen-bond acceptors (Lipinski definition) is 3. The molecule has 0 aliphatic heterocycles. The van der Waals surface area contributed by atoms with Crippen LogP contribution in [-0.4, -0.2) is 11.0 Å². The van der Waals surface area contributed by atoms with Gasteiger partial charge in [0.2, 0.25) is 5.91 Å². The summed E-state index contributed by atoms with van der Waals surface area (Å²) >= 11 is 0. The summed E-state index contributed by atoms with van der Waals surface area (Å²) in [7, 11) is 0. The molecule has 4 aromatic rings. The van der Waals surface area contributed by atoms with Crippen LogP contribution in [0.5, 0.6) is 5.75 Å². The van der Waals surface area contributed by atoms with Gasteiger partial charge in [-0.2, -0.15) is 0 Å². The number of aromatic hydroxyl groups is 1. The summed E-state index contributed by atoms with van der Waals surface area (Å²) in [5.74, 6) is -0.0361. The van der Waals surface area contributed by atoms with Crippen molar-refractivity contribution in [3.8, 4) is 5.75 Å². The van der Waals surface area contributed by atoms with E-state index >= 15 is 0 Å². The molecule has 0 saturated carbocycles. The lowest BCUT2D eigenvalue weighted by Crippen LogP contribution is -2.14. The topological polar surface area (TPSA) is 62.5 Å². The molecule has 1 aromatic heterocycles. The first-order valence-corrected chi connectivity index (χ1v) is 7.67. The Bertz CT molecular complexity index is 1050. The SMILES string of the molecule is O=C(Cc1coc2cccc(O)c12)Nc1ccc2ccccc2c1. The molecule has 0 aliphatic carbocycles. The fourth-order valence-electron chi connectivity index (χ4n) is 2.91. The highest BCUT2D eigenvalue weighted by molar-refractivity contribution is 5.98. The Kier molecular flexibility index (Phi) is 3.43. The number of amides is 1. The molecule has 4 nitrogen and oxygen atoms in total. The second-order valence-electron chi connectivity index (χ2n) is 5.70. The maximum Gasteiger partial charge on any atom is 0.228 e. The van der Waals surface area contributed by atoms with Gasteiger partial charge >= 0.3 is 0 Å². The molecule has 0 radical (unpaired) electrons. The normalized spacial score (nSPS) is 11.0. The molecule has 0 aliphatic rings. The average molecular weight is 317 g/mol. The van der Waals surface area contributed by atoms with Crippen LogP contribution in [0, 0.1) is 0 Å². The van der Waals surface area contributed by atoms with Gasteiger partial charge in [-0.05, 0) is 35.0 Å². The summed E-state index contributed by atoms with van der Waals surface area (Å²) < 4.78 is 5.40. The third-order valence-corrected chi connectivity index (χ3v) is 4.04. The van der Waals surface area contributed by atoms with E-state index in [4.69, 9.17) is 4.42 Å². The van der Waals surface area contributed by atoms with Crippen LogP contribution in [0.25, 0.3) is 21.7 Å². The quantitative estimate of drug-likeness (QED) is 0.586. The smallest absolute Gasteiger partial charge is 0.228 e. The molecule has 0 unspecified atom stereocenters. The second-order valence-corrected chi connectivity index (χ2v) is 5.70. The fraction of sp³-hybridized carbons (Fsp3) is 0.0500. The molecule has 0 fully saturated rings. The first kappa shape index (κ1) is 14.3. The van der Waals surface area contributed by atoms with Crippen LogP contribution in [0.3, 0.4) is 0 Å². The number of phenolic OH excluding ortho intramolecular Hbond substituents is 1. The minimum absolute atomic E-state index is 0.120. The van der Waals surface area contributed by atoms with Gasteiger partial charge in [-0.3, -0.25) is 4.79 Å². The van der Waals surface area contributed by atoms with Crippen LogP contribution in [0.4, 0.5) is 5.69 Å². The number of nitrogens with one attached hydrogen (secondary N) is 1. The number of carbonyl (C=O) groups excluding carboxylic acids is 1. The van der Waals surface area contributed by atoms with Crippen LogP contribution < -0.4 is 5.32 Å². The van der Waals surface area contributed by atoms with Crippen molar-refractivity contribution in [1.29, 1.82) is 0 Å². The monoisotopic (exact) mass is 317 g/mol. The molecule has 0 saturated heterocycles. The minimum atomic E-state index is -0.156. The molecule has 24 heavy (non-hydrogen) atoms. The van der Waals surface area contributed by atoms with Crippen molar-refractivity contribution in [3.05, 3.63) is 72.5 Å². The van der Waals surface area contributed by atoms with Gasteiger partial charge in [0.15, 0.2) is 0 Å². The number of carbonyl (C=O) groups is 1. The molecule has 3 aromatic carbocycles. The van der Waals surface area contributed by atoms with E-state index in [0.717, 1.165) is 16.5 Å². The van der Waals surface area contributed by atoms with Crippen molar-refractivity contribution >= 4 is 33.3 Å². The van der Waals surface area contributed by atoms with Crippen LogP contribution in [0.2, 0.25) is 0 Å². The Balaban J connectivity index is 1.57. The number of anilines is 1. The van der Waals surface area contributed by atoms with E-state index in [-0.39, 0.29) is 18.1 Å². The summed E-state index contributed by atoms with van der Waals surface area (Å²) in [5.41, 5.74) is 1.99. The predicted octanol–water partition coefficient (Wildman–Crippen LogP) is 4.47. The maximum absolute atomic E-state index is 12.3. The first-order chi connectivity index (χ1) is 11.7. The van der Waals surface area contributed by atoms with Gasteiger partial charge in [0, 0.05) is 11.3 Å². The Labute approximate surface area is 138 Å². The fourth-order valence-corrected chi connectivity index (χ4v) is 2.91. The molecular weight excluding hydrogens is 302 g/mol. The van der Waals surface area contributed by atoms with Crippen molar-refractivity contribution < 1.29 is 14.3 Å². The summed E-state index contributed by atoms with van der Waals surface area (Å²) in [6.07, 6.45) is 1.65. The summed E-state index contributed by atoms with van der Waals surface area (Å²) in [4.78, 5) is 12.3. The van der Waals surface area contributed by atoms with Gasteiger partial charge in [-0.15, -0.1) is 0 Å². The number of benzene rings is 3. The Morgan fingerprint density at radius 2 is 1.83 bits per heavy atom. The van der Waals surface area contributed by atoms with Crippen molar-refractivity contribution in [2.75, 3.05) is 5.32 Å². The predicted molar refractivity (Wildman–Crippen MR) is 94.2 cm³/mol. The molecule has 2 N–H and O–H groups in total. The highest BCUT2D eigenvalue weighted by atomic mass is 16.3. The average Bonchev–Trinajstić information content (AvgIpc) is 2.99. The number of hydrogen-bond donors (Lipinski definition) is 2. The molecular formula is C20H15NO3. The van der Waals surface area contributed by atoms with Gasteiger partial charge in [-0.25, -0.2) is 0 Å². The summed E-state index contributed by atoms with van der Waals surface area (Å²) in [6.45, 7) is 0. The van der Waals surface area contributed by atoms with Crippen molar-refractivity contribution in [1.82, 2.24) is 0 Å². The van der Waals surface area contributed by atoms with E-state index in [1.165, 1.54) is 6.26 Å². The van der Waals surface area contributed by atoms with E-state index < -0.39 is 0 Å². The zero-order valence-corrected chi connectivity index (χ0v) is 12.8. The van der Waals surface area contributed by atoms with E-state index in [1.54, 1.807) is 18.2 Å². The molecule has 1 heterocycles. The van der Waals surface area contributed by atoms with Gasteiger partial charge in [0.1, 0.15) is 11.3 Å². The van der Waals surface area contributed by atoms with E-state index in [0.29, 0.717) is 16.5 Å². The van der Waals surface area contributed by atoms with Gasteiger partial charge in [-0.1, -0.05) is 36.4 Å². The zero-order chi connectivity index (χ0) is 16.5. The molecule has 4 rings (SSSR count). The number of rotatable bonds is 3. The maximum atomic E-state index is 12.3. The first-order valence-electron chi connectivity index (χ1n) is 7.67. The molecule has 0 atom stereocenters. The zero-order valence-electron chi connectivity index (χ0n) is 12.8. The Hall–Kier alpha value is -3.27. The van der Waals surface area contributed by atoms with Crippen molar-refractivity contribution in [3.63, 3.8) is 0 Å². The largest absolute Gasteiger partial charge is 0.507 e. The third kappa shape index (κ3) is 2.58. The van der Waals surface area contributed by atoms with Crippen LogP contribution in [-0.2, 0) is 11.2 Å². The highest BCUT2D eigenvalue weighted by Crippen LogP contribution is 2.30. The Morgan fingerprint density at radius 1 is 1.00 bits per heavy atom. The summed E-state index contributed by atoms with van der Waals surface area (Å²) in [6, 6.07) is 18.8. The van der Waals surface area contributed by atoms with Gasteiger partial charge < -0.3 is 14.8 Å². The number of furan rings is 1. The number of fused-ring (bicyclic) bond motifs is 2. The third-order valence-electron chi connectivity index (χ3n) is 4.04. The molecule has 0 spiro atoms. The minimum Gasteiger partial charge on any atom is -0.507 e. The van der Waals surface area contributed by atoms with Crippen molar-refractivity contribution in [2.24, 2.45) is 0 Å². The number of phenols is 1. The summed E-state index contributed by atoms with van der Waals surface area (Å²) in [5, 5.41) is 15.7. The molecule has 4 heteroatoms. The molecule has 1 amide bonds. The van der Waals surface area contributed by atoms with Crippen LogP contribution >= 0.6 is 0 Å². The lowest BCUT2D eigenvalue weighted by molar-refractivity contribution is -0.115. The lowest BCUT2D eigenvalue weighted by Gasteiger charge is -2.06. The lowest BCUT2D eigenvalue weighted by atomic mass is 10.1. The Morgan fingerprint density at radius 3 is 2.71 bits per heavy atom. The van der Waals surface area contributed by atoms with Gasteiger partial charge in [0.25, 0.3) is 0 Å². The molecule has 118 valence electrons. The van der Waals surface area contributed by atoms with Crippen molar-refractivity contribution in [2.45, 2.75) is 6.42 Å². The van der Waals surface area contributed by atoms with E-state index in [1.807, 2.05) is 42.5 Å².